The van der Waals surface area contributed by atoms with E-state index in [-0.39, 0.29) is 5.91 Å². The Morgan fingerprint density at radius 2 is 1.86 bits per heavy atom. The summed E-state index contributed by atoms with van der Waals surface area (Å²) in [6.07, 6.45) is 6.35. The molecule has 0 aromatic rings. The van der Waals surface area contributed by atoms with E-state index in [1.165, 1.54) is 6.42 Å². The molecule has 0 aromatic heterocycles. The SMILES string of the molecule is O=C(CC1(O)CCCC1)N1CCCC(CN2CCOCC2)C1. The van der Waals surface area contributed by atoms with Crippen LogP contribution in [0.25, 0.3) is 0 Å². The smallest absolute Gasteiger partial charge is 0.225 e. The number of likely N-dealkylation sites (tertiary alicyclic amines) is 1. The van der Waals surface area contributed by atoms with Crippen LogP contribution in [0, 0.1) is 5.92 Å². The molecule has 1 atom stereocenters. The molecular formula is C17H30N2O3. The minimum absolute atomic E-state index is 0.163. The van der Waals surface area contributed by atoms with Crippen molar-refractivity contribution in [3.63, 3.8) is 0 Å². The van der Waals surface area contributed by atoms with Crippen LogP contribution in [0.15, 0.2) is 0 Å². The second-order valence-corrected chi connectivity index (χ2v) is 7.37. The fraction of sp³-hybridized carbons (Fsp3) is 0.941. The Labute approximate surface area is 133 Å². The predicted molar refractivity (Wildman–Crippen MR) is 84.6 cm³/mol. The maximum Gasteiger partial charge on any atom is 0.225 e. The maximum atomic E-state index is 12.5. The molecular weight excluding hydrogens is 280 g/mol. The molecule has 1 saturated carbocycles. The third-order valence-corrected chi connectivity index (χ3v) is 5.51. The summed E-state index contributed by atoms with van der Waals surface area (Å²) < 4.78 is 5.40. The standard InChI is InChI=1S/C17H30N2O3/c20-16(12-17(21)5-1-2-6-17)19-7-3-4-15(14-19)13-18-8-10-22-11-9-18/h15,21H,1-14H2. The normalized spacial score (nSPS) is 29.7. The topological polar surface area (TPSA) is 53.0 Å². The molecule has 2 aliphatic heterocycles. The highest BCUT2D eigenvalue weighted by molar-refractivity contribution is 5.77. The van der Waals surface area contributed by atoms with Crippen LogP contribution >= 0.6 is 0 Å². The number of amides is 1. The molecule has 22 heavy (non-hydrogen) atoms. The lowest BCUT2D eigenvalue weighted by Gasteiger charge is -2.37. The maximum absolute atomic E-state index is 12.5. The van der Waals surface area contributed by atoms with Gasteiger partial charge in [-0.05, 0) is 31.6 Å². The quantitative estimate of drug-likeness (QED) is 0.849. The van der Waals surface area contributed by atoms with Gasteiger partial charge in [0, 0.05) is 32.7 Å². The van der Waals surface area contributed by atoms with Crippen LogP contribution in [-0.2, 0) is 9.53 Å². The number of morpholine rings is 1. The Hall–Kier alpha value is -0.650. The first-order valence-corrected chi connectivity index (χ1v) is 8.95. The summed E-state index contributed by atoms with van der Waals surface area (Å²) in [7, 11) is 0. The van der Waals surface area contributed by atoms with Gasteiger partial charge < -0.3 is 14.7 Å². The lowest BCUT2D eigenvalue weighted by molar-refractivity contribution is -0.138. The largest absolute Gasteiger partial charge is 0.389 e. The van der Waals surface area contributed by atoms with E-state index in [1.54, 1.807) is 0 Å². The molecule has 5 nitrogen and oxygen atoms in total. The summed E-state index contributed by atoms with van der Waals surface area (Å²) in [4.78, 5) is 17.0. The highest BCUT2D eigenvalue weighted by Gasteiger charge is 2.36. The highest BCUT2D eigenvalue weighted by atomic mass is 16.5. The van der Waals surface area contributed by atoms with Gasteiger partial charge in [0.1, 0.15) is 0 Å². The van der Waals surface area contributed by atoms with Gasteiger partial charge in [0.25, 0.3) is 0 Å². The second kappa shape index (κ2) is 7.28. The number of rotatable bonds is 4. The lowest BCUT2D eigenvalue weighted by Crippen LogP contribution is -2.47. The van der Waals surface area contributed by atoms with Crippen LogP contribution in [0.4, 0.5) is 0 Å². The van der Waals surface area contributed by atoms with Crippen molar-refractivity contribution in [2.24, 2.45) is 5.92 Å². The molecule has 2 heterocycles. The first kappa shape index (κ1) is 16.2. The van der Waals surface area contributed by atoms with Gasteiger partial charge in [0.2, 0.25) is 5.91 Å². The first-order chi connectivity index (χ1) is 10.6. The Morgan fingerprint density at radius 3 is 2.59 bits per heavy atom. The van der Waals surface area contributed by atoms with E-state index in [0.717, 1.165) is 78.0 Å². The van der Waals surface area contributed by atoms with Crippen LogP contribution in [0.2, 0.25) is 0 Å². The average molecular weight is 310 g/mol. The minimum atomic E-state index is -0.714. The van der Waals surface area contributed by atoms with Crippen molar-refractivity contribution in [1.29, 1.82) is 0 Å². The van der Waals surface area contributed by atoms with E-state index >= 15 is 0 Å². The fourth-order valence-corrected chi connectivity index (χ4v) is 4.19. The van der Waals surface area contributed by atoms with Crippen molar-refractivity contribution in [3.05, 3.63) is 0 Å². The van der Waals surface area contributed by atoms with Crippen molar-refractivity contribution in [3.8, 4) is 0 Å². The van der Waals surface area contributed by atoms with Crippen LogP contribution in [0.3, 0.4) is 0 Å². The third-order valence-electron chi connectivity index (χ3n) is 5.51. The summed E-state index contributed by atoms with van der Waals surface area (Å²) in [5.41, 5.74) is -0.714. The van der Waals surface area contributed by atoms with Crippen molar-refractivity contribution < 1.29 is 14.6 Å². The predicted octanol–water partition coefficient (Wildman–Crippen LogP) is 1.25. The molecule has 3 aliphatic rings. The van der Waals surface area contributed by atoms with Gasteiger partial charge in [-0.1, -0.05) is 12.8 Å². The zero-order valence-electron chi connectivity index (χ0n) is 13.6. The minimum Gasteiger partial charge on any atom is -0.389 e. The zero-order chi connectivity index (χ0) is 15.4. The van der Waals surface area contributed by atoms with E-state index in [2.05, 4.69) is 4.90 Å². The average Bonchev–Trinajstić information content (AvgIpc) is 2.95. The molecule has 1 amide bonds. The monoisotopic (exact) mass is 310 g/mol. The highest BCUT2D eigenvalue weighted by Crippen LogP contribution is 2.33. The molecule has 3 rings (SSSR count). The number of nitrogens with zero attached hydrogens (tertiary/aromatic N) is 2. The molecule has 1 unspecified atom stereocenters. The third kappa shape index (κ3) is 4.21. The van der Waals surface area contributed by atoms with Crippen molar-refractivity contribution >= 4 is 5.91 Å². The summed E-state index contributed by atoms with van der Waals surface area (Å²) in [6.45, 7) is 6.53. The Kier molecular flexibility index (Phi) is 5.37. The summed E-state index contributed by atoms with van der Waals surface area (Å²) in [5, 5.41) is 10.4. The van der Waals surface area contributed by atoms with E-state index in [9.17, 15) is 9.90 Å². The van der Waals surface area contributed by atoms with Crippen LogP contribution in [0.1, 0.15) is 44.9 Å². The number of ether oxygens (including phenoxy) is 1. The van der Waals surface area contributed by atoms with Crippen LogP contribution < -0.4 is 0 Å². The van der Waals surface area contributed by atoms with Gasteiger partial charge >= 0.3 is 0 Å². The number of carbonyl (C=O) groups excluding carboxylic acids is 1. The molecule has 0 aromatic carbocycles. The summed E-state index contributed by atoms with van der Waals surface area (Å²) in [5.74, 6) is 0.741. The van der Waals surface area contributed by atoms with E-state index < -0.39 is 5.60 Å². The van der Waals surface area contributed by atoms with Crippen LogP contribution in [-0.4, -0.2) is 72.4 Å². The van der Waals surface area contributed by atoms with Gasteiger partial charge in [0.05, 0.1) is 25.2 Å². The summed E-state index contributed by atoms with van der Waals surface area (Å²) in [6, 6.07) is 0. The molecule has 1 aliphatic carbocycles. The zero-order valence-corrected chi connectivity index (χ0v) is 13.6. The van der Waals surface area contributed by atoms with E-state index in [1.807, 2.05) is 4.90 Å². The van der Waals surface area contributed by atoms with Gasteiger partial charge in [-0.2, -0.15) is 0 Å². The van der Waals surface area contributed by atoms with Crippen LogP contribution in [0.5, 0.6) is 0 Å². The van der Waals surface area contributed by atoms with E-state index in [0.29, 0.717) is 12.3 Å². The van der Waals surface area contributed by atoms with Gasteiger partial charge in [-0.25, -0.2) is 0 Å². The summed E-state index contributed by atoms with van der Waals surface area (Å²) >= 11 is 0. The molecule has 0 spiro atoms. The molecule has 0 bridgehead atoms. The molecule has 0 radical (unpaired) electrons. The van der Waals surface area contributed by atoms with Gasteiger partial charge in [-0.15, -0.1) is 0 Å². The van der Waals surface area contributed by atoms with E-state index in [4.69, 9.17) is 4.74 Å². The Bertz CT molecular complexity index is 376. The number of hydrogen-bond donors (Lipinski definition) is 1. The Morgan fingerprint density at radius 1 is 1.14 bits per heavy atom. The van der Waals surface area contributed by atoms with Gasteiger partial charge in [-0.3, -0.25) is 9.69 Å². The number of aliphatic hydroxyl groups is 1. The number of hydrogen-bond acceptors (Lipinski definition) is 4. The Balaban J connectivity index is 1.48. The molecule has 2 saturated heterocycles. The fourth-order valence-electron chi connectivity index (χ4n) is 4.19. The molecule has 126 valence electrons. The van der Waals surface area contributed by atoms with Crippen molar-refractivity contribution in [2.75, 3.05) is 45.9 Å². The lowest BCUT2D eigenvalue weighted by atomic mass is 9.94. The molecule has 1 N–H and O–H groups in total. The number of carbonyl (C=O) groups is 1. The first-order valence-electron chi connectivity index (χ1n) is 8.95. The molecule has 5 heteroatoms. The molecule has 3 fully saturated rings. The van der Waals surface area contributed by atoms with Gasteiger partial charge in [0.15, 0.2) is 0 Å². The second-order valence-electron chi connectivity index (χ2n) is 7.37. The van der Waals surface area contributed by atoms with Crippen molar-refractivity contribution in [2.45, 2.75) is 50.5 Å². The number of piperidine rings is 1. The van der Waals surface area contributed by atoms with Crippen molar-refractivity contribution in [1.82, 2.24) is 9.80 Å².